The summed E-state index contributed by atoms with van der Waals surface area (Å²) < 4.78 is 31.7. The lowest BCUT2D eigenvalue weighted by Crippen LogP contribution is -2.48. The molecule has 1 atom stereocenters. The van der Waals surface area contributed by atoms with E-state index in [1.807, 2.05) is 0 Å². The van der Waals surface area contributed by atoms with Crippen LogP contribution in [0.5, 0.6) is 0 Å². The molecular formula is C15H20N2O6S2. The van der Waals surface area contributed by atoms with Crippen LogP contribution in [0.2, 0.25) is 0 Å². The van der Waals surface area contributed by atoms with Gasteiger partial charge in [0, 0.05) is 25.4 Å². The fourth-order valence-corrected chi connectivity index (χ4v) is 5.59. The summed E-state index contributed by atoms with van der Waals surface area (Å²) in [7, 11) is -4.04. The smallest absolute Gasteiger partial charge is 0.371 e. The molecule has 10 heteroatoms. The van der Waals surface area contributed by atoms with Crippen LogP contribution in [-0.2, 0) is 14.8 Å². The number of aromatic carboxylic acids is 1. The minimum absolute atomic E-state index is 0.173. The van der Waals surface area contributed by atoms with Crippen LogP contribution in [-0.4, -0.2) is 71.8 Å². The van der Waals surface area contributed by atoms with Gasteiger partial charge >= 0.3 is 5.97 Å². The normalized spacial score (nSPS) is 22.7. The van der Waals surface area contributed by atoms with Gasteiger partial charge in [0.15, 0.2) is 0 Å². The average Bonchev–Trinajstić information content (AvgIpc) is 3.19. The van der Waals surface area contributed by atoms with Crippen molar-refractivity contribution in [3.8, 4) is 0 Å². The number of amides is 1. The summed E-state index contributed by atoms with van der Waals surface area (Å²) in [6, 6.07) is 1.49. The molecule has 3 rings (SSSR count). The number of carbonyl (C=O) groups is 2. The Morgan fingerprint density at radius 1 is 1.16 bits per heavy atom. The van der Waals surface area contributed by atoms with Gasteiger partial charge in [-0.2, -0.15) is 16.1 Å². The third kappa shape index (κ3) is 3.70. The number of carboxylic acids is 1. The number of sulfonamides is 1. The Kier molecular flexibility index (Phi) is 5.40. The Morgan fingerprint density at radius 3 is 2.68 bits per heavy atom. The Balaban J connectivity index is 1.81. The van der Waals surface area contributed by atoms with Gasteiger partial charge < -0.3 is 14.4 Å². The summed E-state index contributed by atoms with van der Waals surface area (Å²) in [6.45, 7) is 1.49. The van der Waals surface area contributed by atoms with Crippen LogP contribution in [0, 0.1) is 0 Å². The van der Waals surface area contributed by atoms with Gasteiger partial charge in [0.05, 0.1) is 0 Å². The van der Waals surface area contributed by atoms with Crippen LogP contribution >= 0.6 is 11.8 Å². The maximum absolute atomic E-state index is 12.8. The van der Waals surface area contributed by atoms with Crippen molar-refractivity contribution < 1.29 is 27.5 Å². The number of carboxylic acid groups (broad SMARTS) is 1. The van der Waals surface area contributed by atoms with E-state index in [-0.39, 0.29) is 12.5 Å². The van der Waals surface area contributed by atoms with Gasteiger partial charge in [-0.3, -0.25) is 4.79 Å². The van der Waals surface area contributed by atoms with Crippen LogP contribution in [0.15, 0.2) is 21.6 Å². The van der Waals surface area contributed by atoms with Crippen molar-refractivity contribution in [3.63, 3.8) is 0 Å². The molecule has 1 aromatic heterocycles. The minimum atomic E-state index is -4.04. The minimum Gasteiger partial charge on any atom is -0.475 e. The van der Waals surface area contributed by atoms with Crippen molar-refractivity contribution in [2.75, 3.05) is 31.1 Å². The molecule has 25 heavy (non-hydrogen) atoms. The first kappa shape index (κ1) is 18.3. The lowest BCUT2D eigenvalue weighted by atomic mass is 10.2. The number of hydrogen-bond acceptors (Lipinski definition) is 6. The molecule has 2 fully saturated rings. The van der Waals surface area contributed by atoms with Gasteiger partial charge in [-0.1, -0.05) is 0 Å². The number of carbonyl (C=O) groups excluding carboxylic acids is 1. The topological polar surface area (TPSA) is 108 Å². The largest absolute Gasteiger partial charge is 0.475 e. The predicted octanol–water partition coefficient (Wildman–Crippen LogP) is 1.10. The van der Waals surface area contributed by atoms with Crippen LogP contribution in [0.25, 0.3) is 0 Å². The lowest BCUT2D eigenvalue weighted by Gasteiger charge is -2.28. The van der Waals surface area contributed by atoms with Crippen LogP contribution in [0.4, 0.5) is 0 Å². The molecule has 1 aromatic rings. The van der Waals surface area contributed by atoms with E-state index in [4.69, 9.17) is 9.52 Å². The Hall–Kier alpha value is -1.52. The molecule has 8 nitrogen and oxygen atoms in total. The third-order valence-corrected chi connectivity index (χ3v) is 7.21. The zero-order valence-corrected chi connectivity index (χ0v) is 15.2. The van der Waals surface area contributed by atoms with E-state index in [0.717, 1.165) is 34.4 Å². The summed E-state index contributed by atoms with van der Waals surface area (Å²) >= 11 is 1.79. The molecule has 3 heterocycles. The van der Waals surface area contributed by atoms with E-state index in [2.05, 4.69) is 0 Å². The van der Waals surface area contributed by atoms with Crippen LogP contribution in [0.3, 0.4) is 0 Å². The number of rotatable bonds is 4. The summed E-state index contributed by atoms with van der Waals surface area (Å²) in [5.74, 6) is -0.0945. The van der Waals surface area contributed by atoms with Gasteiger partial charge in [0.2, 0.25) is 16.8 Å². The average molecular weight is 388 g/mol. The summed E-state index contributed by atoms with van der Waals surface area (Å²) in [5.41, 5.74) is 0. The van der Waals surface area contributed by atoms with Crippen molar-refractivity contribution in [2.24, 2.45) is 0 Å². The maximum atomic E-state index is 12.8. The quantitative estimate of drug-likeness (QED) is 0.823. The highest BCUT2D eigenvalue weighted by molar-refractivity contribution is 7.99. The zero-order chi connectivity index (χ0) is 18.0. The SMILES string of the molecule is O=C(O)c1ccc(S(=O)(=O)N2CCCC2C(=O)N2CCCSCC2)o1. The molecule has 138 valence electrons. The van der Waals surface area contributed by atoms with Crippen LogP contribution in [0.1, 0.15) is 29.8 Å². The standard InChI is InChI=1S/C15H20N2O6S2/c18-14(16-6-2-9-24-10-8-16)11-3-1-7-17(11)25(21,22)13-5-4-12(23-13)15(19)20/h4-5,11H,1-3,6-10H2,(H,19,20). The van der Waals surface area contributed by atoms with Crippen molar-refractivity contribution in [1.29, 1.82) is 0 Å². The van der Waals surface area contributed by atoms with E-state index in [1.54, 1.807) is 16.7 Å². The molecule has 1 N–H and O–H groups in total. The molecule has 1 unspecified atom stereocenters. The molecule has 0 aliphatic carbocycles. The van der Waals surface area contributed by atoms with E-state index < -0.39 is 32.9 Å². The van der Waals surface area contributed by atoms with Crippen molar-refractivity contribution >= 4 is 33.7 Å². The van der Waals surface area contributed by atoms with Crippen LogP contribution < -0.4 is 0 Å². The Labute approximate surface area is 150 Å². The first-order valence-electron chi connectivity index (χ1n) is 8.13. The second kappa shape index (κ2) is 7.38. The first-order valence-corrected chi connectivity index (χ1v) is 10.7. The first-order chi connectivity index (χ1) is 11.9. The second-order valence-electron chi connectivity index (χ2n) is 5.99. The van der Waals surface area contributed by atoms with Gasteiger partial charge in [0.25, 0.3) is 10.0 Å². The van der Waals surface area contributed by atoms with Crippen molar-refractivity contribution in [3.05, 3.63) is 17.9 Å². The second-order valence-corrected chi connectivity index (χ2v) is 9.04. The third-order valence-electron chi connectivity index (χ3n) is 4.38. The van der Waals surface area contributed by atoms with Gasteiger partial charge in [-0.25, -0.2) is 13.2 Å². The highest BCUT2D eigenvalue weighted by Gasteiger charge is 2.42. The Morgan fingerprint density at radius 2 is 1.96 bits per heavy atom. The lowest BCUT2D eigenvalue weighted by molar-refractivity contribution is -0.134. The number of furan rings is 1. The van der Waals surface area contributed by atoms with Gasteiger partial charge in [-0.05, 0) is 37.1 Å². The molecule has 0 radical (unpaired) electrons. The maximum Gasteiger partial charge on any atom is 0.371 e. The molecule has 2 saturated heterocycles. The van der Waals surface area contributed by atoms with Gasteiger partial charge in [0.1, 0.15) is 6.04 Å². The molecule has 0 spiro atoms. The molecule has 1 amide bonds. The summed E-state index contributed by atoms with van der Waals surface area (Å²) in [5, 5.41) is 8.47. The fraction of sp³-hybridized carbons (Fsp3) is 0.600. The monoisotopic (exact) mass is 388 g/mol. The van der Waals surface area contributed by atoms with E-state index in [1.165, 1.54) is 0 Å². The van der Waals surface area contributed by atoms with Gasteiger partial charge in [-0.15, -0.1) is 0 Å². The predicted molar refractivity (Wildman–Crippen MR) is 91.1 cm³/mol. The molecule has 0 bridgehead atoms. The Bertz CT molecular complexity index is 752. The molecule has 2 aliphatic rings. The van der Waals surface area contributed by atoms with E-state index >= 15 is 0 Å². The number of thioether (sulfide) groups is 1. The molecule has 0 saturated carbocycles. The van der Waals surface area contributed by atoms with Crippen molar-refractivity contribution in [1.82, 2.24) is 9.21 Å². The highest BCUT2D eigenvalue weighted by atomic mass is 32.2. The van der Waals surface area contributed by atoms with E-state index in [9.17, 15) is 18.0 Å². The highest BCUT2D eigenvalue weighted by Crippen LogP contribution is 2.29. The molecule has 0 aromatic carbocycles. The summed E-state index contributed by atoms with van der Waals surface area (Å²) in [6.07, 6.45) is 1.95. The van der Waals surface area contributed by atoms with Crippen molar-refractivity contribution in [2.45, 2.75) is 30.4 Å². The molecular weight excluding hydrogens is 368 g/mol. The number of nitrogens with zero attached hydrogens (tertiary/aromatic N) is 2. The fourth-order valence-electron chi connectivity index (χ4n) is 3.14. The summed E-state index contributed by atoms with van der Waals surface area (Å²) in [4.78, 5) is 25.5. The number of hydrogen-bond donors (Lipinski definition) is 1. The van der Waals surface area contributed by atoms with E-state index in [0.29, 0.717) is 25.9 Å². The molecule has 2 aliphatic heterocycles. The zero-order valence-electron chi connectivity index (χ0n) is 13.6.